The summed E-state index contributed by atoms with van der Waals surface area (Å²) in [6.45, 7) is 0.874. The third-order valence-corrected chi connectivity index (χ3v) is 1.67. The van der Waals surface area contributed by atoms with Gasteiger partial charge in [0.05, 0.1) is 6.10 Å². The van der Waals surface area contributed by atoms with Crippen molar-refractivity contribution in [2.24, 2.45) is 0 Å². The van der Waals surface area contributed by atoms with Gasteiger partial charge in [0.15, 0.2) is 0 Å². The quantitative estimate of drug-likeness (QED) is 0.545. The number of rotatable bonds is 1. The maximum Gasteiger partial charge on any atom is 0.258 e. The number of alkyl halides is 1. The average Bonchev–Trinajstić information content (AvgIpc) is 2.09. The molecule has 1 aliphatic heterocycles. The molecule has 0 aliphatic carbocycles. The fourth-order valence-electron chi connectivity index (χ4n) is 1.09. The van der Waals surface area contributed by atoms with Crippen molar-refractivity contribution in [3.8, 4) is 0 Å². The van der Waals surface area contributed by atoms with Gasteiger partial charge >= 0.3 is 0 Å². The minimum absolute atomic E-state index is 0.247. The minimum Gasteiger partial charge on any atom is -0.390 e. The summed E-state index contributed by atoms with van der Waals surface area (Å²) < 4.78 is 17.6. The first-order chi connectivity index (χ1) is 4.58. The van der Waals surface area contributed by atoms with Crippen LogP contribution in [0.25, 0.3) is 0 Å². The van der Waals surface area contributed by atoms with E-state index >= 15 is 0 Å². The Labute approximate surface area is 58.4 Å². The Morgan fingerprint density at radius 3 is 2.60 bits per heavy atom. The maximum atomic E-state index is 13.0. The van der Waals surface area contributed by atoms with Crippen molar-refractivity contribution >= 4 is 0 Å². The molecular formula is C6H11FO3. The maximum absolute atomic E-state index is 13.0. The van der Waals surface area contributed by atoms with Crippen LogP contribution < -0.4 is 0 Å². The van der Waals surface area contributed by atoms with E-state index in [0.29, 0.717) is 0 Å². The molecule has 1 fully saturated rings. The molecule has 0 bridgehead atoms. The first kappa shape index (κ1) is 7.91. The molecular weight excluding hydrogens is 139 g/mol. The van der Waals surface area contributed by atoms with Crippen LogP contribution in [-0.2, 0) is 4.74 Å². The monoisotopic (exact) mass is 150 g/mol. The largest absolute Gasteiger partial charge is 0.390 e. The van der Waals surface area contributed by atoms with Crippen molar-refractivity contribution in [1.29, 1.82) is 0 Å². The Hall–Kier alpha value is -0.190. The molecule has 3 atom stereocenters. The lowest BCUT2D eigenvalue weighted by atomic mass is 10.1. The van der Waals surface area contributed by atoms with E-state index in [1.807, 2.05) is 0 Å². The van der Waals surface area contributed by atoms with Crippen molar-refractivity contribution in [1.82, 2.24) is 0 Å². The number of ether oxygens (including phenoxy) is 1. The Morgan fingerprint density at radius 1 is 1.80 bits per heavy atom. The third-order valence-electron chi connectivity index (χ3n) is 1.67. The number of halogens is 1. The van der Waals surface area contributed by atoms with Crippen LogP contribution in [0.3, 0.4) is 0 Å². The van der Waals surface area contributed by atoms with Crippen LogP contribution in [0.2, 0.25) is 0 Å². The van der Waals surface area contributed by atoms with Crippen LogP contribution >= 0.6 is 0 Å². The Morgan fingerprint density at radius 2 is 2.40 bits per heavy atom. The second kappa shape index (κ2) is 2.45. The van der Waals surface area contributed by atoms with E-state index in [4.69, 9.17) is 10.2 Å². The van der Waals surface area contributed by atoms with Crippen LogP contribution in [0.4, 0.5) is 4.39 Å². The lowest BCUT2D eigenvalue weighted by Gasteiger charge is -2.19. The van der Waals surface area contributed by atoms with Crippen molar-refractivity contribution in [3.63, 3.8) is 0 Å². The van der Waals surface area contributed by atoms with Gasteiger partial charge in [-0.2, -0.15) is 0 Å². The highest BCUT2D eigenvalue weighted by molar-refractivity contribution is 4.86. The van der Waals surface area contributed by atoms with Crippen LogP contribution in [-0.4, -0.2) is 34.9 Å². The third kappa shape index (κ3) is 1.14. The lowest BCUT2D eigenvalue weighted by molar-refractivity contribution is -0.192. The smallest absolute Gasteiger partial charge is 0.258 e. The van der Waals surface area contributed by atoms with E-state index in [2.05, 4.69) is 4.74 Å². The standard InChI is InChI=1S/C6H11FO3/c1-4-2-5(9)6(7,3-8)10-4/h4-5,8-9H,2-3H2,1H3. The summed E-state index contributed by atoms with van der Waals surface area (Å²) in [5.74, 6) is -2.22. The molecule has 0 amide bonds. The van der Waals surface area contributed by atoms with Crippen LogP contribution in [0.15, 0.2) is 0 Å². The molecule has 0 aromatic rings. The summed E-state index contributed by atoms with van der Waals surface area (Å²) in [6.07, 6.45) is -1.25. The van der Waals surface area contributed by atoms with Gasteiger partial charge in [-0.15, -0.1) is 0 Å². The Balaban J connectivity index is 2.61. The molecule has 4 heteroatoms. The first-order valence-corrected chi connectivity index (χ1v) is 3.24. The summed E-state index contributed by atoms with van der Waals surface area (Å²) >= 11 is 0. The second-order valence-electron chi connectivity index (χ2n) is 2.62. The molecule has 0 radical (unpaired) electrons. The van der Waals surface area contributed by atoms with Gasteiger partial charge < -0.3 is 14.9 Å². The van der Waals surface area contributed by atoms with Gasteiger partial charge in [0.2, 0.25) is 0 Å². The lowest BCUT2D eigenvalue weighted by Crippen LogP contribution is -2.38. The molecule has 0 spiro atoms. The summed E-state index contributed by atoms with van der Waals surface area (Å²) in [7, 11) is 0. The fourth-order valence-corrected chi connectivity index (χ4v) is 1.09. The molecule has 1 saturated heterocycles. The highest BCUT2D eigenvalue weighted by Crippen LogP contribution is 2.31. The highest BCUT2D eigenvalue weighted by Gasteiger charge is 2.46. The molecule has 60 valence electrons. The summed E-state index contributed by atoms with van der Waals surface area (Å²) in [5.41, 5.74) is 0. The zero-order valence-electron chi connectivity index (χ0n) is 5.75. The molecule has 2 N–H and O–H groups in total. The van der Waals surface area contributed by atoms with E-state index in [9.17, 15) is 4.39 Å². The number of hydrogen-bond acceptors (Lipinski definition) is 3. The van der Waals surface area contributed by atoms with Gasteiger partial charge in [-0.05, 0) is 6.92 Å². The van der Waals surface area contributed by atoms with E-state index in [1.54, 1.807) is 6.92 Å². The fraction of sp³-hybridized carbons (Fsp3) is 1.00. The van der Waals surface area contributed by atoms with Crippen LogP contribution in [0.1, 0.15) is 13.3 Å². The van der Waals surface area contributed by atoms with Gasteiger partial charge in [-0.3, -0.25) is 0 Å². The summed E-state index contributed by atoms with van der Waals surface area (Å²) in [4.78, 5) is 0. The molecule has 0 aromatic heterocycles. The molecule has 10 heavy (non-hydrogen) atoms. The molecule has 3 nitrogen and oxygen atoms in total. The molecule has 1 aliphatic rings. The van der Waals surface area contributed by atoms with E-state index in [1.165, 1.54) is 0 Å². The minimum atomic E-state index is -2.22. The number of aliphatic hydroxyl groups excluding tert-OH is 2. The van der Waals surface area contributed by atoms with E-state index < -0.39 is 18.6 Å². The molecule has 0 aromatic carbocycles. The zero-order chi connectivity index (χ0) is 7.78. The normalized spacial score (nSPS) is 48.0. The van der Waals surface area contributed by atoms with Crippen molar-refractivity contribution in [2.45, 2.75) is 31.4 Å². The summed E-state index contributed by atoms with van der Waals surface area (Å²) in [5, 5.41) is 17.4. The zero-order valence-corrected chi connectivity index (χ0v) is 5.75. The molecule has 3 unspecified atom stereocenters. The SMILES string of the molecule is CC1CC(O)C(F)(CO)O1. The molecule has 0 saturated carbocycles. The molecule has 1 rings (SSSR count). The number of aliphatic hydroxyl groups is 2. The average molecular weight is 150 g/mol. The van der Waals surface area contributed by atoms with Gasteiger partial charge in [0.1, 0.15) is 12.7 Å². The van der Waals surface area contributed by atoms with Gasteiger partial charge in [-0.25, -0.2) is 4.39 Å². The van der Waals surface area contributed by atoms with Gasteiger partial charge in [-0.1, -0.05) is 0 Å². The van der Waals surface area contributed by atoms with E-state index in [0.717, 1.165) is 0 Å². The highest BCUT2D eigenvalue weighted by atomic mass is 19.2. The first-order valence-electron chi connectivity index (χ1n) is 3.24. The predicted molar refractivity (Wildman–Crippen MR) is 32.1 cm³/mol. The molecule has 1 heterocycles. The van der Waals surface area contributed by atoms with Crippen LogP contribution in [0.5, 0.6) is 0 Å². The summed E-state index contributed by atoms with van der Waals surface area (Å²) in [6, 6.07) is 0. The second-order valence-corrected chi connectivity index (χ2v) is 2.62. The van der Waals surface area contributed by atoms with Gasteiger partial charge in [0.25, 0.3) is 5.85 Å². The van der Waals surface area contributed by atoms with Crippen molar-refractivity contribution in [3.05, 3.63) is 0 Å². The van der Waals surface area contributed by atoms with Crippen molar-refractivity contribution in [2.75, 3.05) is 6.61 Å². The van der Waals surface area contributed by atoms with Gasteiger partial charge in [0, 0.05) is 6.42 Å². The predicted octanol–water partition coefficient (Wildman–Crippen LogP) is -0.186. The number of hydrogen-bond donors (Lipinski definition) is 2. The van der Waals surface area contributed by atoms with Crippen LogP contribution in [0, 0.1) is 0 Å². The van der Waals surface area contributed by atoms with Crippen molar-refractivity contribution < 1.29 is 19.3 Å². The Bertz CT molecular complexity index is 130. The Kier molecular flexibility index (Phi) is 1.94. The van der Waals surface area contributed by atoms with E-state index in [-0.39, 0.29) is 12.5 Å². The topological polar surface area (TPSA) is 49.7 Å².